The molecule has 1 aliphatic rings. The van der Waals surface area contributed by atoms with Gasteiger partial charge in [0.15, 0.2) is 16.1 Å². The molecule has 0 radical (unpaired) electrons. The maximum atomic E-state index is 12.8. The van der Waals surface area contributed by atoms with E-state index in [-0.39, 0.29) is 10.3 Å². The lowest BCUT2D eigenvalue weighted by atomic mass is 10.4. The molecule has 1 heterocycles. The lowest BCUT2D eigenvalue weighted by Gasteiger charge is -1.99. The van der Waals surface area contributed by atoms with Crippen molar-refractivity contribution in [2.24, 2.45) is 0 Å². The summed E-state index contributed by atoms with van der Waals surface area (Å²) in [6.07, 6.45) is 2.08. The largest absolute Gasteiger partial charge is 0.218 e. The number of hydrogen-bond acceptors (Lipinski definition) is 2. The highest BCUT2D eigenvalue weighted by atomic mass is 35.5. The number of hydrogen-bond donors (Lipinski definition) is 0. The van der Waals surface area contributed by atoms with Gasteiger partial charge in [-0.25, -0.2) is 14.4 Å². The Labute approximate surface area is 78.7 Å². The quantitative estimate of drug-likeness (QED) is 0.661. The van der Waals surface area contributed by atoms with Gasteiger partial charge in [0.25, 0.3) is 0 Å². The van der Waals surface area contributed by atoms with Gasteiger partial charge in [-0.3, -0.25) is 0 Å². The van der Waals surface area contributed by atoms with Crippen molar-refractivity contribution in [3.8, 4) is 0 Å². The van der Waals surface area contributed by atoms with E-state index in [1.807, 2.05) is 0 Å². The number of nitrogens with zero attached hydrogens (tertiary/aromatic N) is 2. The topological polar surface area (TPSA) is 25.8 Å². The van der Waals surface area contributed by atoms with Gasteiger partial charge in [-0.2, -0.15) is 0 Å². The van der Waals surface area contributed by atoms with Crippen LogP contribution in [0.3, 0.4) is 0 Å². The first-order valence-electron chi connectivity index (χ1n) is 3.57. The highest BCUT2D eigenvalue weighted by Gasteiger charge is 2.28. The zero-order valence-corrected chi connectivity index (χ0v) is 7.53. The summed E-state index contributed by atoms with van der Waals surface area (Å²) in [5.41, 5.74) is 0. The molecule has 2 rings (SSSR count). The Morgan fingerprint density at radius 1 is 1.17 bits per heavy atom. The van der Waals surface area contributed by atoms with Gasteiger partial charge in [-0.1, -0.05) is 23.2 Å². The Balaban J connectivity index is 2.45. The molecule has 64 valence electrons. The third-order valence-electron chi connectivity index (χ3n) is 1.73. The van der Waals surface area contributed by atoms with Crippen LogP contribution in [0.2, 0.25) is 10.3 Å². The fourth-order valence-electron chi connectivity index (χ4n) is 0.934. The summed E-state index contributed by atoms with van der Waals surface area (Å²) in [5.74, 6) is 0.162. The molecule has 0 N–H and O–H groups in total. The van der Waals surface area contributed by atoms with Gasteiger partial charge < -0.3 is 0 Å². The van der Waals surface area contributed by atoms with E-state index in [9.17, 15) is 4.39 Å². The predicted octanol–water partition coefficient (Wildman–Crippen LogP) is 2.80. The molecule has 2 nitrogen and oxygen atoms in total. The van der Waals surface area contributed by atoms with E-state index in [0.717, 1.165) is 12.8 Å². The number of rotatable bonds is 1. The van der Waals surface area contributed by atoms with Crippen molar-refractivity contribution >= 4 is 23.2 Å². The third-order valence-corrected chi connectivity index (χ3v) is 2.23. The summed E-state index contributed by atoms with van der Waals surface area (Å²) in [5, 5.41) is -0.367. The average molecular weight is 207 g/mol. The zero-order chi connectivity index (χ0) is 8.72. The van der Waals surface area contributed by atoms with E-state index in [2.05, 4.69) is 9.97 Å². The van der Waals surface area contributed by atoms with Gasteiger partial charge in [0, 0.05) is 5.92 Å². The highest BCUT2D eigenvalue weighted by Crippen LogP contribution is 2.39. The van der Waals surface area contributed by atoms with Crippen LogP contribution in [0.4, 0.5) is 4.39 Å². The summed E-state index contributed by atoms with van der Waals surface area (Å²) in [7, 11) is 0. The molecule has 1 fully saturated rings. The monoisotopic (exact) mass is 206 g/mol. The minimum atomic E-state index is -0.734. The SMILES string of the molecule is Fc1c(Cl)nc(C2CC2)nc1Cl. The second kappa shape index (κ2) is 2.82. The molecule has 0 saturated heterocycles. The van der Waals surface area contributed by atoms with Crippen LogP contribution < -0.4 is 0 Å². The Kier molecular flexibility index (Phi) is 1.93. The van der Waals surface area contributed by atoms with Gasteiger partial charge in [-0.15, -0.1) is 0 Å². The van der Waals surface area contributed by atoms with Crippen LogP contribution in [0.15, 0.2) is 0 Å². The van der Waals surface area contributed by atoms with E-state index in [0.29, 0.717) is 11.7 Å². The van der Waals surface area contributed by atoms with Crippen molar-refractivity contribution in [2.75, 3.05) is 0 Å². The summed E-state index contributed by atoms with van der Waals surface area (Å²) in [4.78, 5) is 7.58. The molecule has 0 unspecified atom stereocenters. The van der Waals surface area contributed by atoms with Crippen LogP contribution in [0.1, 0.15) is 24.6 Å². The second-order valence-electron chi connectivity index (χ2n) is 2.75. The molecule has 0 amide bonds. The first-order chi connectivity index (χ1) is 5.68. The molecule has 1 aliphatic carbocycles. The van der Waals surface area contributed by atoms with Gasteiger partial charge in [0.1, 0.15) is 5.82 Å². The minimum Gasteiger partial charge on any atom is -0.218 e. The molecule has 1 aromatic rings. The Hall–Kier alpha value is -0.410. The molecule has 1 aromatic heterocycles. The van der Waals surface area contributed by atoms with Crippen molar-refractivity contribution in [1.29, 1.82) is 0 Å². The Morgan fingerprint density at radius 3 is 2.08 bits per heavy atom. The van der Waals surface area contributed by atoms with Gasteiger partial charge in [0.2, 0.25) is 0 Å². The molecule has 0 bridgehead atoms. The molecule has 0 atom stereocenters. The lowest BCUT2D eigenvalue weighted by Crippen LogP contribution is -1.96. The molecular formula is C7H5Cl2FN2. The molecule has 1 saturated carbocycles. The number of aromatic nitrogens is 2. The summed E-state index contributed by atoms with van der Waals surface area (Å²) in [6.45, 7) is 0. The molecule has 5 heteroatoms. The van der Waals surface area contributed by atoms with Crippen LogP contribution in [0.25, 0.3) is 0 Å². The van der Waals surface area contributed by atoms with Gasteiger partial charge >= 0.3 is 0 Å². The van der Waals surface area contributed by atoms with Crippen molar-refractivity contribution < 1.29 is 4.39 Å². The Morgan fingerprint density at radius 2 is 1.67 bits per heavy atom. The highest BCUT2D eigenvalue weighted by molar-refractivity contribution is 6.33. The van der Waals surface area contributed by atoms with Gasteiger partial charge in [0.05, 0.1) is 0 Å². The molecule has 12 heavy (non-hydrogen) atoms. The van der Waals surface area contributed by atoms with E-state index >= 15 is 0 Å². The van der Waals surface area contributed by atoms with E-state index in [1.54, 1.807) is 0 Å². The minimum absolute atomic E-state index is 0.183. The second-order valence-corrected chi connectivity index (χ2v) is 3.47. The molecule has 0 aliphatic heterocycles. The zero-order valence-electron chi connectivity index (χ0n) is 6.02. The standard InChI is InChI=1S/C7H5Cl2FN2/c8-5-4(10)6(9)12-7(11-5)3-1-2-3/h3H,1-2H2. The molecule has 0 spiro atoms. The predicted molar refractivity (Wildman–Crippen MR) is 44.0 cm³/mol. The van der Waals surface area contributed by atoms with Crippen LogP contribution in [-0.4, -0.2) is 9.97 Å². The smallest absolute Gasteiger partial charge is 0.197 e. The fourth-order valence-corrected chi connectivity index (χ4v) is 1.33. The van der Waals surface area contributed by atoms with E-state index in [1.165, 1.54) is 0 Å². The average Bonchev–Trinajstić information content (AvgIpc) is 2.81. The molecular weight excluding hydrogens is 202 g/mol. The molecule has 0 aromatic carbocycles. The lowest BCUT2D eigenvalue weighted by molar-refractivity contribution is 0.610. The van der Waals surface area contributed by atoms with Crippen LogP contribution in [-0.2, 0) is 0 Å². The first-order valence-corrected chi connectivity index (χ1v) is 4.32. The maximum absolute atomic E-state index is 12.8. The van der Waals surface area contributed by atoms with Crippen molar-refractivity contribution in [3.63, 3.8) is 0 Å². The fraction of sp³-hybridized carbons (Fsp3) is 0.429. The third kappa shape index (κ3) is 1.39. The summed E-state index contributed by atoms with van der Waals surface area (Å²) >= 11 is 11.0. The maximum Gasteiger partial charge on any atom is 0.197 e. The Bertz CT molecular complexity index is 302. The summed E-state index contributed by atoms with van der Waals surface area (Å²) in [6, 6.07) is 0. The van der Waals surface area contributed by atoms with Crippen LogP contribution in [0.5, 0.6) is 0 Å². The van der Waals surface area contributed by atoms with Crippen LogP contribution >= 0.6 is 23.2 Å². The van der Waals surface area contributed by atoms with E-state index < -0.39 is 5.82 Å². The first kappa shape index (κ1) is 8.20. The summed E-state index contributed by atoms with van der Waals surface area (Å²) < 4.78 is 12.8. The number of halogens is 3. The van der Waals surface area contributed by atoms with Crippen molar-refractivity contribution in [1.82, 2.24) is 9.97 Å². The van der Waals surface area contributed by atoms with E-state index in [4.69, 9.17) is 23.2 Å². The van der Waals surface area contributed by atoms with Crippen molar-refractivity contribution in [3.05, 3.63) is 21.9 Å². The van der Waals surface area contributed by atoms with Gasteiger partial charge in [-0.05, 0) is 12.8 Å². The normalized spacial score (nSPS) is 16.6. The van der Waals surface area contributed by atoms with Crippen LogP contribution in [0, 0.1) is 5.82 Å². The van der Waals surface area contributed by atoms with Crippen molar-refractivity contribution in [2.45, 2.75) is 18.8 Å².